The van der Waals surface area contributed by atoms with Crippen molar-refractivity contribution in [1.82, 2.24) is 0 Å². The number of benzene rings is 2. The highest BCUT2D eigenvalue weighted by Gasteiger charge is 2.30. The molecule has 32 heavy (non-hydrogen) atoms. The number of rotatable bonds is 8. The van der Waals surface area contributed by atoms with Gasteiger partial charge in [-0.2, -0.15) is 13.2 Å². The lowest BCUT2D eigenvalue weighted by Gasteiger charge is -2.07. The molecule has 9 heteroatoms. The molecule has 3 rings (SSSR count). The van der Waals surface area contributed by atoms with Gasteiger partial charge in [0.25, 0.3) is 0 Å². The van der Waals surface area contributed by atoms with Gasteiger partial charge in [0.05, 0.1) is 17.7 Å². The van der Waals surface area contributed by atoms with E-state index in [0.29, 0.717) is 34.1 Å². The quantitative estimate of drug-likeness (QED) is 0.443. The number of furan rings is 1. The first-order valence-electron chi connectivity index (χ1n) is 9.57. The smallest absolute Gasteiger partial charge is 0.416 e. The number of hydrogen-bond acceptors (Lipinski definition) is 4. The lowest BCUT2D eigenvalue weighted by Crippen LogP contribution is -2.14. The maximum absolute atomic E-state index is 12.7. The van der Waals surface area contributed by atoms with Crippen LogP contribution in [-0.4, -0.2) is 22.7 Å². The molecule has 5 nitrogen and oxygen atoms in total. The molecule has 0 aliphatic carbocycles. The van der Waals surface area contributed by atoms with Gasteiger partial charge in [0.1, 0.15) is 11.5 Å². The molecule has 2 aromatic carbocycles. The predicted molar refractivity (Wildman–Crippen MR) is 116 cm³/mol. The summed E-state index contributed by atoms with van der Waals surface area (Å²) in [6.45, 7) is 1.69. The van der Waals surface area contributed by atoms with E-state index in [9.17, 15) is 22.8 Å². The van der Waals surface area contributed by atoms with Gasteiger partial charge >= 0.3 is 12.1 Å². The van der Waals surface area contributed by atoms with E-state index in [1.54, 1.807) is 31.2 Å². The summed E-state index contributed by atoms with van der Waals surface area (Å²) in [6.07, 6.45) is -4.37. The van der Waals surface area contributed by atoms with Crippen LogP contribution in [0.25, 0.3) is 11.3 Å². The minimum atomic E-state index is -4.41. The van der Waals surface area contributed by atoms with Gasteiger partial charge in [0, 0.05) is 22.6 Å². The van der Waals surface area contributed by atoms with Crippen LogP contribution in [0.3, 0.4) is 0 Å². The Labute approximate surface area is 186 Å². The van der Waals surface area contributed by atoms with E-state index in [0.717, 1.165) is 17.7 Å². The maximum Gasteiger partial charge on any atom is 0.416 e. The van der Waals surface area contributed by atoms with E-state index in [1.165, 1.54) is 23.9 Å². The first kappa shape index (κ1) is 23.5. The van der Waals surface area contributed by atoms with Crippen LogP contribution in [0.4, 0.5) is 18.9 Å². The van der Waals surface area contributed by atoms with Crippen molar-refractivity contribution in [2.24, 2.45) is 0 Å². The van der Waals surface area contributed by atoms with Gasteiger partial charge in [-0.05, 0) is 42.8 Å². The van der Waals surface area contributed by atoms with Gasteiger partial charge in [-0.25, -0.2) is 0 Å². The Balaban J connectivity index is 1.64. The normalized spacial score (nSPS) is 11.4. The second-order valence-corrected chi connectivity index (χ2v) is 8.06. The highest BCUT2D eigenvalue weighted by atomic mass is 32.2. The molecule has 0 bridgehead atoms. The zero-order chi connectivity index (χ0) is 23.3. The van der Waals surface area contributed by atoms with Gasteiger partial charge in [-0.15, -0.1) is 11.8 Å². The number of halogens is 3. The summed E-state index contributed by atoms with van der Waals surface area (Å²) in [5.41, 5.74) is 1.85. The molecule has 0 radical (unpaired) electrons. The van der Waals surface area contributed by atoms with Gasteiger partial charge in [-0.3, -0.25) is 9.59 Å². The standard InChI is InChI=1S/C23H20F3NO4S/c1-14-17(10-20(31-14)16-5-7-18(8-6-16)23(24,25)26)11-21(28)27-19-4-2-3-15(9-19)12-32-13-22(29)30/h2-10H,11-13H2,1H3,(H,27,28)(H,29,30). The van der Waals surface area contributed by atoms with Gasteiger partial charge in [0.2, 0.25) is 5.91 Å². The molecule has 0 unspecified atom stereocenters. The van der Waals surface area contributed by atoms with Crippen molar-refractivity contribution in [3.05, 3.63) is 77.0 Å². The van der Waals surface area contributed by atoms with Crippen molar-refractivity contribution in [3.8, 4) is 11.3 Å². The molecular weight excluding hydrogens is 443 g/mol. The topological polar surface area (TPSA) is 79.5 Å². The number of carboxylic acids is 1. The second-order valence-electron chi connectivity index (χ2n) is 7.08. The average Bonchev–Trinajstić information content (AvgIpc) is 3.07. The predicted octanol–water partition coefficient (Wildman–Crippen LogP) is 5.77. The molecule has 1 aromatic heterocycles. The minimum absolute atomic E-state index is 0.00236. The van der Waals surface area contributed by atoms with E-state index in [-0.39, 0.29) is 18.1 Å². The molecule has 2 N–H and O–H groups in total. The Morgan fingerprint density at radius 3 is 2.47 bits per heavy atom. The third kappa shape index (κ3) is 6.40. The fourth-order valence-corrected chi connectivity index (χ4v) is 3.73. The molecule has 3 aromatic rings. The zero-order valence-corrected chi connectivity index (χ0v) is 17.8. The summed E-state index contributed by atoms with van der Waals surface area (Å²) in [7, 11) is 0. The largest absolute Gasteiger partial charge is 0.481 e. The zero-order valence-electron chi connectivity index (χ0n) is 17.0. The Morgan fingerprint density at radius 2 is 1.81 bits per heavy atom. The van der Waals surface area contributed by atoms with Crippen LogP contribution in [0.15, 0.2) is 59.0 Å². The van der Waals surface area contributed by atoms with Gasteiger partial charge < -0.3 is 14.8 Å². The first-order chi connectivity index (χ1) is 15.1. The number of nitrogens with one attached hydrogen (secondary N) is 1. The summed E-state index contributed by atoms with van der Waals surface area (Å²) in [4.78, 5) is 23.1. The molecule has 0 aliphatic rings. The number of hydrogen-bond donors (Lipinski definition) is 2. The number of carbonyl (C=O) groups is 2. The number of amides is 1. The molecule has 0 aliphatic heterocycles. The monoisotopic (exact) mass is 463 g/mol. The fourth-order valence-electron chi connectivity index (χ4n) is 3.03. The fraction of sp³-hybridized carbons (Fsp3) is 0.217. The number of aryl methyl sites for hydroxylation is 1. The van der Waals surface area contributed by atoms with Crippen molar-refractivity contribution >= 4 is 29.3 Å². The third-order valence-corrected chi connectivity index (χ3v) is 5.56. The third-order valence-electron chi connectivity index (χ3n) is 4.57. The van der Waals surface area contributed by atoms with E-state index in [2.05, 4.69) is 5.32 Å². The minimum Gasteiger partial charge on any atom is -0.481 e. The molecule has 1 heterocycles. The van der Waals surface area contributed by atoms with E-state index >= 15 is 0 Å². The molecular formula is C23H20F3NO4S. The molecule has 0 fully saturated rings. The summed E-state index contributed by atoms with van der Waals surface area (Å²) in [5, 5.41) is 11.5. The lowest BCUT2D eigenvalue weighted by atomic mass is 10.1. The molecule has 1 amide bonds. The van der Waals surface area contributed by atoms with Crippen molar-refractivity contribution in [1.29, 1.82) is 0 Å². The number of aliphatic carboxylic acids is 1. The highest BCUT2D eigenvalue weighted by molar-refractivity contribution is 7.99. The number of alkyl halides is 3. The van der Waals surface area contributed by atoms with E-state index in [4.69, 9.17) is 9.52 Å². The van der Waals surface area contributed by atoms with Crippen LogP contribution in [0.1, 0.15) is 22.5 Å². The summed E-state index contributed by atoms with van der Waals surface area (Å²) in [5.74, 6) is 0.240. The highest BCUT2D eigenvalue weighted by Crippen LogP contribution is 2.32. The van der Waals surface area contributed by atoms with Gasteiger partial charge in [-0.1, -0.05) is 24.3 Å². The van der Waals surface area contributed by atoms with Crippen molar-refractivity contribution < 1.29 is 32.3 Å². The van der Waals surface area contributed by atoms with Crippen molar-refractivity contribution in [2.45, 2.75) is 25.3 Å². The Hall–Kier alpha value is -3.20. The van der Waals surface area contributed by atoms with Crippen molar-refractivity contribution in [3.63, 3.8) is 0 Å². The number of carbonyl (C=O) groups excluding carboxylic acids is 1. The maximum atomic E-state index is 12.7. The summed E-state index contributed by atoms with van der Waals surface area (Å²) in [6, 6.07) is 13.4. The molecule has 0 atom stereocenters. The second kappa shape index (κ2) is 9.95. The SMILES string of the molecule is Cc1oc(-c2ccc(C(F)(F)F)cc2)cc1CC(=O)Nc1cccc(CSCC(=O)O)c1. The first-order valence-corrected chi connectivity index (χ1v) is 10.7. The van der Waals surface area contributed by atoms with Crippen LogP contribution < -0.4 is 5.32 Å². The number of carboxylic acid groups (broad SMARTS) is 1. The average molecular weight is 463 g/mol. The van der Waals surface area contributed by atoms with Crippen LogP contribution >= 0.6 is 11.8 Å². The number of thioether (sulfide) groups is 1. The number of anilines is 1. The van der Waals surface area contributed by atoms with Crippen LogP contribution in [0.2, 0.25) is 0 Å². The lowest BCUT2D eigenvalue weighted by molar-refractivity contribution is -0.137. The summed E-state index contributed by atoms with van der Waals surface area (Å²) >= 11 is 1.26. The molecule has 168 valence electrons. The van der Waals surface area contributed by atoms with Crippen LogP contribution in [0, 0.1) is 6.92 Å². The molecule has 0 spiro atoms. The van der Waals surface area contributed by atoms with E-state index in [1.807, 2.05) is 6.07 Å². The van der Waals surface area contributed by atoms with Crippen LogP contribution in [0.5, 0.6) is 0 Å². The van der Waals surface area contributed by atoms with E-state index < -0.39 is 17.7 Å². The Kier molecular flexibility index (Phi) is 7.29. The summed E-state index contributed by atoms with van der Waals surface area (Å²) < 4.78 is 43.9. The Bertz CT molecular complexity index is 1110. The molecule has 0 saturated carbocycles. The van der Waals surface area contributed by atoms with Crippen molar-refractivity contribution in [2.75, 3.05) is 11.1 Å². The van der Waals surface area contributed by atoms with Crippen LogP contribution in [-0.2, 0) is 27.9 Å². The van der Waals surface area contributed by atoms with Gasteiger partial charge in [0.15, 0.2) is 0 Å². The molecule has 0 saturated heterocycles. The Morgan fingerprint density at radius 1 is 1.09 bits per heavy atom.